The van der Waals surface area contributed by atoms with Crippen LogP contribution in [0, 0.1) is 6.92 Å². The van der Waals surface area contributed by atoms with Crippen molar-refractivity contribution in [3.05, 3.63) is 47.1 Å². The van der Waals surface area contributed by atoms with E-state index in [2.05, 4.69) is 9.71 Å². The lowest BCUT2D eigenvalue weighted by atomic mass is 10.3. The van der Waals surface area contributed by atoms with Gasteiger partial charge in [-0.25, -0.2) is 13.4 Å². The fourth-order valence-corrected chi connectivity index (χ4v) is 3.08. The van der Waals surface area contributed by atoms with Gasteiger partial charge < -0.3 is 5.73 Å². The quantitative estimate of drug-likeness (QED) is 0.852. The number of benzene rings is 1. The van der Waals surface area contributed by atoms with Gasteiger partial charge in [-0.1, -0.05) is 17.7 Å². The summed E-state index contributed by atoms with van der Waals surface area (Å²) in [5.41, 5.74) is 6.64. The molecule has 0 saturated heterocycles. The highest BCUT2D eigenvalue weighted by atomic mass is 35.5. The van der Waals surface area contributed by atoms with Crippen LogP contribution >= 0.6 is 11.6 Å². The number of hydrogen-bond acceptors (Lipinski definition) is 4. The summed E-state index contributed by atoms with van der Waals surface area (Å²) >= 11 is 5.89. The largest absolute Gasteiger partial charge is 0.399 e. The number of halogens is 1. The van der Waals surface area contributed by atoms with Crippen LogP contribution in [-0.4, -0.2) is 13.4 Å². The Labute approximate surface area is 116 Å². The van der Waals surface area contributed by atoms with E-state index in [1.54, 1.807) is 25.1 Å². The summed E-state index contributed by atoms with van der Waals surface area (Å²) in [5, 5.41) is 0.0696. The molecule has 1 aromatic heterocycles. The van der Waals surface area contributed by atoms with Crippen LogP contribution in [0.5, 0.6) is 0 Å². The van der Waals surface area contributed by atoms with E-state index in [9.17, 15) is 8.42 Å². The van der Waals surface area contributed by atoms with E-state index in [-0.39, 0.29) is 15.7 Å². The molecule has 0 aliphatic heterocycles. The molecule has 0 aliphatic carbocycles. The molecule has 0 amide bonds. The molecule has 0 saturated carbocycles. The molecular formula is C12H12ClN3O2S. The first-order chi connectivity index (χ1) is 8.88. The smallest absolute Gasteiger partial charge is 0.264 e. The van der Waals surface area contributed by atoms with Crippen molar-refractivity contribution in [2.75, 3.05) is 10.5 Å². The first kappa shape index (κ1) is 13.6. The van der Waals surface area contributed by atoms with Crippen molar-refractivity contribution in [2.24, 2.45) is 0 Å². The molecule has 1 aromatic carbocycles. The number of nitrogens with two attached hydrogens (primary N) is 1. The van der Waals surface area contributed by atoms with Gasteiger partial charge in [-0.15, -0.1) is 0 Å². The number of pyridine rings is 1. The number of hydrogen-bond donors (Lipinski definition) is 2. The van der Waals surface area contributed by atoms with Gasteiger partial charge in [-0.3, -0.25) is 4.72 Å². The molecule has 19 heavy (non-hydrogen) atoms. The fourth-order valence-electron chi connectivity index (χ4n) is 1.53. The number of anilines is 2. The Kier molecular flexibility index (Phi) is 3.64. The summed E-state index contributed by atoms with van der Waals surface area (Å²) in [6, 6.07) is 9.27. The third-order valence-corrected chi connectivity index (χ3v) is 4.21. The SMILES string of the molecule is Cc1cccc(NS(=O)(=O)c2ccc(N)cc2Cl)n1. The van der Waals surface area contributed by atoms with E-state index in [0.717, 1.165) is 0 Å². The highest BCUT2D eigenvalue weighted by Gasteiger charge is 2.18. The van der Waals surface area contributed by atoms with E-state index >= 15 is 0 Å². The second kappa shape index (κ2) is 5.07. The topological polar surface area (TPSA) is 85.1 Å². The van der Waals surface area contributed by atoms with Crippen LogP contribution < -0.4 is 10.5 Å². The lowest BCUT2D eigenvalue weighted by molar-refractivity contribution is 0.601. The molecule has 0 unspecified atom stereocenters. The molecule has 0 spiro atoms. The van der Waals surface area contributed by atoms with Crippen LogP contribution in [0.1, 0.15) is 5.69 Å². The van der Waals surface area contributed by atoms with Crippen LogP contribution in [0.4, 0.5) is 11.5 Å². The van der Waals surface area contributed by atoms with E-state index in [1.165, 1.54) is 18.2 Å². The maximum Gasteiger partial charge on any atom is 0.264 e. The van der Waals surface area contributed by atoms with Crippen molar-refractivity contribution in [3.8, 4) is 0 Å². The second-order valence-electron chi connectivity index (χ2n) is 3.96. The Balaban J connectivity index is 2.38. The highest BCUT2D eigenvalue weighted by Crippen LogP contribution is 2.25. The average Bonchev–Trinajstić information content (AvgIpc) is 2.27. The Hall–Kier alpha value is -1.79. The number of nitrogens with zero attached hydrogens (tertiary/aromatic N) is 1. The molecule has 100 valence electrons. The summed E-state index contributed by atoms with van der Waals surface area (Å²) in [7, 11) is -3.78. The van der Waals surface area contributed by atoms with Crippen molar-refractivity contribution >= 4 is 33.1 Å². The number of aromatic nitrogens is 1. The van der Waals surface area contributed by atoms with Gasteiger partial charge in [0, 0.05) is 11.4 Å². The van der Waals surface area contributed by atoms with Gasteiger partial charge in [0.25, 0.3) is 10.0 Å². The van der Waals surface area contributed by atoms with Gasteiger partial charge in [0.15, 0.2) is 0 Å². The van der Waals surface area contributed by atoms with Crippen molar-refractivity contribution < 1.29 is 8.42 Å². The van der Waals surface area contributed by atoms with E-state index < -0.39 is 10.0 Å². The zero-order valence-electron chi connectivity index (χ0n) is 10.1. The first-order valence-electron chi connectivity index (χ1n) is 5.40. The minimum atomic E-state index is -3.78. The lowest BCUT2D eigenvalue weighted by Crippen LogP contribution is -2.14. The molecule has 0 fully saturated rings. The predicted molar refractivity (Wildman–Crippen MR) is 75.6 cm³/mol. The summed E-state index contributed by atoms with van der Waals surface area (Å²) in [4.78, 5) is 4.04. The van der Waals surface area contributed by atoms with Crippen LogP contribution in [0.2, 0.25) is 5.02 Å². The van der Waals surface area contributed by atoms with Gasteiger partial charge in [0.2, 0.25) is 0 Å². The van der Waals surface area contributed by atoms with Crippen LogP contribution in [0.3, 0.4) is 0 Å². The van der Waals surface area contributed by atoms with Gasteiger partial charge in [0.1, 0.15) is 10.7 Å². The zero-order valence-corrected chi connectivity index (χ0v) is 11.7. The number of nitrogen functional groups attached to an aromatic ring is 1. The van der Waals surface area contributed by atoms with E-state index in [1.807, 2.05) is 0 Å². The average molecular weight is 298 g/mol. The van der Waals surface area contributed by atoms with Gasteiger partial charge in [-0.05, 0) is 37.3 Å². The maximum absolute atomic E-state index is 12.2. The molecule has 1 heterocycles. The van der Waals surface area contributed by atoms with Gasteiger partial charge >= 0.3 is 0 Å². The monoisotopic (exact) mass is 297 g/mol. The molecule has 5 nitrogen and oxygen atoms in total. The minimum absolute atomic E-state index is 0.0355. The fraction of sp³-hybridized carbons (Fsp3) is 0.0833. The standard InChI is InChI=1S/C12H12ClN3O2S/c1-8-3-2-4-12(15-8)16-19(17,18)11-6-5-9(14)7-10(11)13/h2-7H,14H2,1H3,(H,15,16). The summed E-state index contributed by atoms with van der Waals surface area (Å²) < 4.78 is 26.7. The number of rotatable bonds is 3. The molecular weight excluding hydrogens is 286 g/mol. The molecule has 0 aliphatic rings. The maximum atomic E-state index is 12.2. The summed E-state index contributed by atoms with van der Waals surface area (Å²) in [6.45, 7) is 1.77. The summed E-state index contributed by atoms with van der Waals surface area (Å²) in [5.74, 6) is 0.243. The molecule has 3 N–H and O–H groups in total. The Bertz CT molecular complexity index is 717. The van der Waals surface area contributed by atoms with Crippen molar-refractivity contribution in [1.29, 1.82) is 0 Å². The first-order valence-corrected chi connectivity index (χ1v) is 7.26. The molecule has 7 heteroatoms. The molecule has 0 bridgehead atoms. The van der Waals surface area contributed by atoms with E-state index in [4.69, 9.17) is 17.3 Å². The van der Waals surface area contributed by atoms with Crippen LogP contribution in [-0.2, 0) is 10.0 Å². The summed E-state index contributed by atoms with van der Waals surface area (Å²) in [6.07, 6.45) is 0. The Morgan fingerprint density at radius 1 is 1.26 bits per heavy atom. The number of sulfonamides is 1. The molecule has 2 aromatic rings. The Morgan fingerprint density at radius 2 is 2.00 bits per heavy atom. The molecule has 0 radical (unpaired) electrons. The van der Waals surface area contributed by atoms with Gasteiger partial charge in [0.05, 0.1) is 5.02 Å². The molecule has 2 rings (SSSR count). The third-order valence-electron chi connectivity index (χ3n) is 2.37. The number of nitrogens with one attached hydrogen (secondary N) is 1. The van der Waals surface area contributed by atoms with Crippen molar-refractivity contribution in [3.63, 3.8) is 0 Å². The van der Waals surface area contributed by atoms with Crippen LogP contribution in [0.25, 0.3) is 0 Å². The molecule has 0 atom stereocenters. The van der Waals surface area contributed by atoms with Crippen LogP contribution in [0.15, 0.2) is 41.3 Å². The normalized spacial score (nSPS) is 11.3. The second-order valence-corrected chi connectivity index (χ2v) is 6.02. The Morgan fingerprint density at radius 3 is 2.63 bits per heavy atom. The number of aryl methyl sites for hydroxylation is 1. The third kappa shape index (κ3) is 3.15. The lowest BCUT2D eigenvalue weighted by Gasteiger charge is -2.09. The zero-order chi connectivity index (χ0) is 14.0. The van der Waals surface area contributed by atoms with Crippen molar-refractivity contribution in [1.82, 2.24) is 4.98 Å². The van der Waals surface area contributed by atoms with Gasteiger partial charge in [-0.2, -0.15) is 0 Å². The highest BCUT2D eigenvalue weighted by molar-refractivity contribution is 7.92. The van der Waals surface area contributed by atoms with E-state index in [0.29, 0.717) is 11.4 Å². The minimum Gasteiger partial charge on any atom is -0.399 e. The van der Waals surface area contributed by atoms with Crippen molar-refractivity contribution in [2.45, 2.75) is 11.8 Å². The predicted octanol–water partition coefficient (Wildman–Crippen LogP) is 2.43.